The summed E-state index contributed by atoms with van der Waals surface area (Å²) in [5.74, 6) is -0.591. The highest BCUT2D eigenvalue weighted by Crippen LogP contribution is 2.16. The number of rotatable bonds is 48. The van der Waals surface area contributed by atoms with Gasteiger partial charge in [-0.15, -0.1) is 0 Å². The molecule has 0 bridgehead atoms. The van der Waals surface area contributed by atoms with E-state index in [9.17, 15) is 19.8 Å². The van der Waals surface area contributed by atoms with Gasteiger partial charge in [0.25, 0.3) is 0 Å². The summed E-state index contributed by atoms with van der Waals surface area (Å²) in [6.45, 7) is 6.43. The number of unbranched alkanes of at least 4 members (excludes halogenated alkanes) is 27. The number of amides is 1. The summed E-state index contributed by atoms with van der Waals surface area (Å²) in [4.78, 5) is 26.1. The van der Waals surface area contributed by atoms with Crippen LogP contribution in [0.2, 0.25) is 0 Å². The van der Waals surface area contributed by atoms with Crippen LogP contribution in [0.15, 0.2) is 60.8 Å². The Kier molecular flexibility index (Phi) is 48.6. The summed E-state index contributed by atoms with van der Waals surface area (Å²) in [5, 5.41) is 23.8. The molecule has 0 fully saturated rings. The number of allylic oxidation sites excluding steroid dienone is 9. The molecule has 0 radical (unpaired) electrons. The minimum atomic E-state index is -0.814. The van der Waals surface area contributed by atoms with Crippen molar-refractivity contribution in [2.24, 2.45) is 0 Å². The highest BCUT2D eigenvalue weighted by Gasteiger charge is 2.23. The molecule has 366 valence electrons. The number of esters is 1. The molecule has 3 atom stereocenters. The standard InChI is InChI=1S/C57H103NO5/c1-4-7-10-13-16-19-22-25-28-30-33-36-39-42-45-48-53(63-57(62)50-47-44-41-38-35-32-27-24-21-18-15-12-9-6-3)51-56(61)58-54(52-59)55(60)49-46-43-40-37-34-31-29-26-23-20-17-14-11-8-5-2/h16,19,25,28,32-33,35-36,42,45,53-55,59-60H,4-15,17-18,20-24,26-27,29-31,34,37-41,43-44,46-52H2,1-3H3,(H,58,61)/b19-16-,28-25-,35-32-,36-33-,45-42-. The van der Waals surface area contributed by atoms with Crippen molar-refractivity contribution in [3.05, 3.63) is 60.8 Å². The molecule has 0 spiro atoms. The number of carbonyl (C=O) groups excluding carboxylic acids is 2. The van der Waals surface area contributed by atoms with Crippen LogP contribution in [-0.4, -0.2) is 46.9 Å². The zero-order valence-corrected chi connectivity index (χ0v) is 41.7. The number of aliphatic hydroxyl groups excluding tert-OH is 2. The van der Waals surface area contributed by atoms with E-state index in [0.717, 1.165) is 70.6 Å². The van der Waals surface area contributed by atoms with E-state index in [1.807, 2.05) is 6.08 Å². The largest absolute Gasteiger partial charge is 0.461 e. The summed E-state index contributed by atoms with van der Waals surface area (Å²) in [6.07, 6.45) is 63.0. The first kappa shape index (κ1) is 60.6. The van der Waals surface area contributed by atoms with Crippen LogP contribution < -0.4 is 5.32 Å². The second-order valence-corrected chi connectivity index (χ2v) is 18.3. The van der Waals surface area contributed by atoms with E-state index in [2.05, 4.69) is 80.8 Å². The number of hydrogen-bond donors (Lipinski definition) is 3. The first-order chi connectivity index (χ1) is 31.0. The quantitative estimate of drug-likeness (QED) is 0.0321. The van der Waals surface area contributed by atoms with Crippen LogP contribution in [0.25, 0.3) is 0 Å². The van der Waals surface area contributed by atoms with Crippen LogP contribution in [0.4, 0.5) is 0 Å². The highest BCUT2D eigenvalue weighted by molar-refractivity contribution is 5.77. The summed E-state index contributed by atoms with van der Waals surface area (Å²) >= 11 is 0. The van der Waals surface area contributed by atoms with Gasteiger partial charge in [0.15, 0.2) is 0 Å². The molecular formula is C57H103NO5. The van der Waals surface area contributed by atoms with Gasteiger partial charge in [-0.2, -0.15) is 0 Å². The van der Waals surface area contributed by atoms with E-state index in [0.29, 0.717) is 19.3 Å². The van der Waals surface area contributed by atoms with Gasteiger partial charge in [0, 0.05) is 12.8 Å². The van der Waals surface area contributed by atoms with Gasteiger partial charge in [0.05, 0.1) is 25.2 Å². The zero-order chi connectivity index (χ0) is 45.9. The fraction of sp³-hybridized carbons (Fsp3) is 0.789. The summed E-state index contributed by atoms with van der Waals surface area (Å²) in [7, 11) is 0. The topological polar surface area (TPSA) is 95.9 Å². The van der Waals surface area contributed by atoms with Crippen molar-refractivity contribution in [2.75, 3.05) is 6.61 Å². The molecule has 3 N–H and O–H groups in total. The Hall–Kier alpha value is -2.44. The Morgan fingerprint density at radius 2 is 0.841 bits per heavy atom. The SMILES string of the molecule is CCCCC/C=C\C/C=C\C/C=C\C/C=C\CC(CC(=O)NC(CO)C(O)CCCCCCCCCCCCCCCCC)OC(=O)CCCCC/C=C\CCCCCCCCC. The Morgan fingerprint density at radius 1 is 0.476 bits per heavy atom. The Balaban J connectivity index is 4.70. The van der Waals surface area contributed by atoms with Gasteiger partial charge >= 0.3 is 5.97 Å². The van der Waals surface area contributed by atoms with E-state index < -0.39 is 18.2 Å². The van der Waals surface area contributed by atoms with Crippen LogP contribution in [0.1, 0.15) is 265 Å². The van der Waals surface area contributed by atoms with Gasteiger partial charge < -0.3 is 20.3 Å². The fourth-order valence-corrected chi connectivity index (χ4v) is 7.93. The molecule has 0 heterocycles. The molecule has 3 unspecified atom stereocenters. The monoisotopic (exact) mass is 882 g/mol. The lowest BCUT2D eigenvalue weighted by molar-refractivity contribution is -0.150. The first-order valence-electron chi connectivity index (χ1n) is 27.0. The van der Waals surface area contributed by atoms with E-state index in [4.69, 9.17) is 4.74 Å². The molecule has 6 nitrogen and oxygen atoms in total. The van der Waals surface area contributed by atoms with Crippen LogP contribution >= 0.6 is 0 Å². The van der Waals surface area contributed by atoms with E-state index in [1.54, 1.807) is 0 Å². The van der Waals surface area contributed by atoms with Crippen molar-refractivity contribution in [2.45, 2.75) is 283 Å². The molecule has 0 aromatic rings. The van der Waals surface area contributed by atoms with Crippen molar-refractivity contribution < 1.29 is 24.5 Å². The minimum Gasteiger partial charge on any atom is -0.461 e. The number of nitrogens with one attached hydrogen (secondary N) is 1. The zero-order valence-electron chi connectivity index (χ0n) is 41.7. The van der Waals surface area contributed by atoms with E-state index in [1.165, 1.54) is 148 Å². The summed E-state index contributed by atoms with van der Waals surface area (Å²) in [6, 6.07) is -0.735. The first-order valence-corrected chi connectivity index (χ1v) is 27.0. The van der Waals surface area contributed by atoms with Gasteiger partial charge in [-0.25, -0.2) is 0 Å². The molecule has 0 aliphatic rings. The van der Waals surface area contributed by atoms with E-state index >= 15 is 0 Å². The number of hydrogen-bond acceptors (Lipinski definition) is 5. The maximum absolute atomic E-state index is 13.2. The third-order valence-electron chi connectivity index (χ3n) is 12.1. The van der Waals surface area contributed by atoms with Crippen LogP contribution in [0, 0.1) is 0 Å². The van der Waals surface area contributed by atoms with E-state index in [-0.39, 0.29) is 24.9 Å². The van der Waals surface area contributed by atoms with Crippen molar-refractivity contribution >= 4 is 11.9 Å². The molecule has 63 heavy (non-hydrogen) atoms. The molecule has 6 heteroatoms. The molecule has 0 saturated carbocycles. The summed E-state index contributed by atoms with van der Waals surface area (Å²) < 4.78 is 5.87. The fourth-order valence-electron chi connectivity index (χ4n) is 7.93. The Bertz CT molecular complexity index is 1130. The lowest BCUT2D eigenvalue weighted by Gasteiger charge is -2.24. The number of carbonyl (C=O) groups is 2. The molecule has 0 aliphatic carbocycles. The normalized spacial score (nSPS) is 13.7. The molecule has 0 aromatic carbocycles. The molecule has 0 saturated heterocycles. The molecule has 1 amide bonds. The predicted octanol–water partition coefficient (Wildman–Crippen LogP) is 16.4. The molecule has 0 rings (SSSR count). The second kappa shape index (κ2) is 50.6. The van der Waals surface area contributed by atoms with Gasteiger partial charge in [0.1, 0.15) is 6.10 Å². The van der Waals surface area contributed by atoms with Crippen molar-refractivity contribution in [3.8, 4) is 0 Å². The predicted molar refractivity (Wildman–Crippen MR) is 273 cm³/mol. The average molecular weight is 882 g/mol. The second-order valence-electron chi connectivity index (χ2n) is 18.3. The smallest absolute Gasteiger partial charge is 0.306 e. The van der Waals surface area contributed by atoms with Crippen molar-refractivity contribution in [1.82, 2.24) is 5.32 Å². The van der Waals surface area contributed by atoms with Gasteiger partial charge in [-0.3, -0.25) is 9.59 Å². The molecule has 0 aromatic heterocycles. The average Bonchev–Trinajstić information content (AvgIpc) is 3.28. The lowest BCUT2D eigenvalue weighted by Crippen LogP contribution is -2.46. The molecular weight excluding hydrogens is 779 g/mol. The van der Waals surface area contributed by atoms with Gasteiger partial charge in [-0.1, -0.05) is 236 Å². The highest BCUT2D eigenvalue weighted by atomic mass is 16.5. The third kappa shape index (κ3) is 45.9. The molecule has 0 aliphatic heterocycles. The Labute approximate surface area is 390 Å². The lowest BCUT2D eigenvalue weighted by atomic mass is 10.0. The van der Waals surface area contributed by atoms with Crippen molar-refractivity contribution in [1.29, 1.82) is 0 Å². The van der Waals surface area contributed by atoms with Gasteiger partial charge in [-0.05, 0) is 70.6 Å². The third-order valence-corrected chi connectivity index (χ3v) is 12.1. The number of aliphatic hydroxyl groups is 2. The maximum atomic E-state index is 13.2. The maximum Gasteiger partial charge on any atom is 0.306 e. The van der Waals surface area contributed by atoms with Crippen LogP contribution in [-0.2, 0) is 14.3 Å². The number of ether oxygens (including phenoxy) is 1. The van der Waals surface area contributed by atoms with Crippen LogP contribution in [0.3, 0.4) is 0 Å². The summed E-state index contributed by atoms with van der Waals surface area (Å²) in [5.41, 5.74) is 0. The van der Waals surface area contributed by atoms with Gasteiger partial charge in [0.2, 0.25) is 5.91 Å². The van der Waals surface area contributed by atoms with Crippen molar-refractivity contribution in [3.63, 3.8) is 0 Å². The minimum absolute atomic E-state index is 0.00449. The Morgan fingerprint density at radius 3 is 1.32 bits per heavy atom. The van der Waals surface area contributed by atoms with Crippen LogP contribution in [0.5, 0.6) is 0 Å².